The number of hydrogen-bond donors (Lipinski definition) is 2. The Morgan fingerprint density at radius 1 is 1.00 bits per heavy atom. The van der Waals surface area contributed by atoms with Crippen LogP contribution in [-0.2, 0) is 27.4 Å². The van der Waals surface area contributed by atoms with Gasteiger partial charge in [-0.15, -0.1) is 0 Å². The highest BCUT2D eigenvalue weighted by molar-refractivity contribution is 5.84. The topological polar surface area (TPSA) is 95.9 Å². The molecule has 0 aliphatic heterocycles. The van der Waals surface area contributed by atoms with Gasteiger partial charge in [0.15, 0.2) is 0 Å². The number of ether oxygens (including phenoxy) is 1. The summed E-state index contributed by atoms with van der Waals surface area (Å²) in [4.78, 5) is 36.8. The summed E-state index contributed by atoms with van der Waals surface area (Å²) in [6.45, 7) is 0.269. The van der Waals surface area contributed by atoms with Crippen molar-refractivity contribution in [3.8, 4) is 0 Å². The van der Waals surface area contributed by atoms with Gasteiger partial charge in [-0.3, -0.25) is 4.79 Å². The first-order valence-electron chi connectivity index (χ1n) is 8.93. The molecule has 1 atom stereocenters. The van der Waals surface area contributed by atoms with Crippen molar-refractivity contribution in [1.82, 2.24) is 10.2 Å². The van der Waals surface area contributed by atoms with Crippen LogP contribution in [0.2, 0.25) is 0 Å². The normalized spacial score (nSPS) is 11.3. The molecule has 0 saturated heterocycles. The molecular weight excluding hydrogens is 360 g/mol. The maximum Gasteiger partial charge on any atom is 0.409 e. The SMILES string of the molecule is CN(CCC(=O)N[C@@H](Cc1ccccc1)C(=O)O)C(=O)OCc1ccccc1. The molecule has 2 aromatic carbocycles. The molecule has 0 bridgehead atoms. The molecule has 2 amide bonds. The second-order valence-electron chi connectivity index (χ2n) is 6.36. The fourth-order valence-electron chi connectivity index (χ4n) is 2.51. The lowest BCUT2D eigenvalue weighted by molar-refractivity contribution is -0.141. The summed E-state index contributed by atoms with van der Waals surface area (Å²) in [5.41, 5.74) is 1.68. The number of aliphatic carboxylic acids is 1. The first-order valence-corrected chi connectivity index (χ1v) is 8.93. The molecule has 7 nitrogen and oxygen atoms in total. The smallest absolute Gasteiger partial charge is 0.409 e. The Morgan fingerprint density at radius 3 is 2.14 bits per heavy atom. The largest absolute Gasteiger partial charge is 0.480 e. The van der Waals surface area contributed by atoms with E-state index in [9.17, 15) is 19.5 Å². The van der Waals surface area contributed by atoms with Gasteiger partial charge in [0.1, 0.15) is 12.6 Å². The molecule has 0 radical (unpaired) electrons. The maximum atomic E-state index is 12.1. The lowest BCUT2D eigenvalue weighted by atomic mass is 10.1. The van der Waals surface area contributed by atoms with Crippen LogP contribution in [0.25, 0.3) is 0 Å². The Hall–Kier alpha value is -3.35. The fourth-order valence-corrected chi connectivity index (χ4v) is 2.51. The van der Waals surface area contributed by atoms with Gasteiger partial charge in [0.05, 0.1) is 0 Å². The number of carboxylic acid groups (broad SMARTS) is 1. The third-order valence-electron chi connectivity index (χ3n) is 4.11. The summed E-state index contributed by atoms with van der Waals surface area (Å²) in [6.07, 6.45) is -0.373. The molecule has 0 unspecified atom stereocenters. The highest BCUT2D eigenvalue weighted by Crippen LogP contribution is 2.05. The van der Waals surface area contributed by atoms with E-state index in [1.165, 1.54) is 11.9 Å². The molecule has 7 heteroatoms. The van der Waals surface area contributed by atoms with E-state index in [2.05, 4.69) is 5.32 Å². The van der Waals surface area contributed by atoms with Crippen molar-refractivity contribution in [2.24, 2.45) is 0 Å². The summed E-state index contributed by atoms with van der Waals surface area (Å²) >= 11 is 0. The molecule has 0 saturated carbocycles. The maximum absolute atomic E-state index is 12.1. The third-order valence-corrected chi connectivity index (χ3v) is 4.11. The molecule has 0 aliphatic carbocycles. The third kappa shape index (κ3) is 7.11. The Kier molecular flexibility index (Phi) is 8.02. The van der Waals surface area contributed by atoms with E-state index >= 15 is 0 Å². The number of carboxylic acids is 1. The molecular formula is C21H24N2O5. The number of rotatable bonds is 9. The van der Waals surface area contributed by atoms with E-state index in [0.29, 0.717) is 0 Å². The van der Waals surface area contributed by atoms with Crippen molar-refractivity contribution < 1.29 is 24.2 Å². The average Bonchev–Trinajstić information content (AvgIpc) is 2.71. The predicted octanol–water partition coefficient (Wildman–Crippen LogP) is 2.46. The molecule has 0 heterocycles. The Balaban J connectivity index is 1.76. The molecule has 0 aromatic heterocycles. The summed E-state index contributed by atoms with van der Waals surface area (Å²) in [5.74, 6) is -1.54. The zero-order chi connectivity index (χ0) is 20.4. The van der Waals surface area contributed by atoms with E-state index in [1.54, 1.807) is 12.1 Å². The van der Waals surface area contributed by atoms with Crippen LogP contribution in [0.1, 0.15) is 17.5 Å². The van der Waals surface area contributed by atoms with Crippen LogP contribution >= 0.6 is 0 Å². The van der Waals surface area contributed by atoms with Gasteiger partial charge in [0, 0.05) is 26.4 Å². The standard InChI is InChI=1S/C21H24N2O5/c1-23(21(27)28-15-17-10-6-3-7-11-17)13-12-19(24)22-18(20(25)26)14-16-8-4-2-5-9-16/h2-11,18H,12-15H2,1H3,(H,22,24)(H,25,26)/t18-/m0/s1. The van der Waals surface area contributed by atoms with Gasteiger partial charge in [0.2, 0.25) is 5.91 Å². The van der Waals surface area contributed by atoms with Crippen LogP contribution in [0.3, 0.4) is 0 Å². The summed E-state index contributed by atoms with van der Waals surface area (Å²) in [5, 5.41) is 11.8. The Bertz CT molecular complexity index is 780. The van der Waals surface area contributed by atoms with E-state index in [4.69, 9.17) is 4.74 Å². The minimum absolute atomic E-state index is 0.0183. The number of nitrogens with zero attached hydrogens (tertiary/aromatic N) is 1. The van der Waals surface area contributed by atoms with Gasteiger partial charge in [-0.25, -0.2) is 9.59 Å². The molecule has 0 fully saturated rings. The van der Waals surface area contributed by atoms with E-state index in [-0.39, 0.29) is 26.0 Å². The number of benzene rings is 2. The molecule has 0 aliphatic rings. The highest BCUT2D eigenvalue weighted by Gasteiger charge is 2.21. The summed E-state index contributed by atoms with van der Waals surface area (Å²) in [7, 11) is 1.53. The van der Waals surface area contributed by atoms with Gasteiger partial charge in [-0.05, 0) is 11.1 Å². The van der Waals surface area contributed by atoms with E-state index in [1.807, 2.05) is 48.5 Å². The number of amides is 2. The van der Waals surface area contributed by atoms with Crippen molar-refractivity contribution in [3.05, 3.63) is 71.8 Å². The van der Waals surface area contributed by atoms with Gasteiger partial charge < -0.3 is 20.1 Å². The zero-order valence-corrected chi connectivity index (χ0v) is 15.7. The predicted molar refractivity (Wildman–Crippen MR) is 104 cm³/mol. The lowest BCUT2D eigenvalue weighted by Gasteiger charge is -2.18. The van der Waals surface area contributed by atoms with Crippen molar-refractivity contribution in [3.63, 3.8) is 0 Å². The first-order chi connectivity index (χ1) is 13.5. The minimum atomic E-state index is -1.10. The molecule has 2 rings (SSSR count). The van der Waals surface area contributed by atoms with Crippen LogP contribution in [0.5, 0.6) is 0 Å². The number of hydrogen-bond acceptors (Lipinski definition) is 4. The zero-order valence-electron chi connectivity index (χ0n) is 15.7. The fraction of sp³-hybridized carbons (Fsp3) is 0.286. The second-order valence-corrected chi connectivity index (χ2v) is 6.36. The quantitative estimate of drug-likeness (QED) is 0.692. The lowest BCUT2D eigenvalue weighted by Crippen LogP contribution is -2.43. The second kappa shape index (κ2) is 10.7. The molecule has 0 spiro atoms. The van der Waals surface area contributed by atoms with Gasteiger partial charge in [0.25, 0.3) is 0 Å². The molecule has 2 N–H and O–H groups in total. The van der Waals surface area contributed by atoms with Crippen LogP contribution < -0.4 is 5.32 Å². The summed E-state index contributed by atoms with van der Waals surface area (Å²) < 4.78 is 5.18. The number of carbonyl (C=O) groups excluding carboxylic acids is 2. The average molecular weight is 384 g/mol. The highest BCUT2D eigenvalue weighted by atomic mass is 16.6. The monoisotopic (exact) mass is 384 g/mol. The van der Waals surface area contributed by atoms with Crippen LogP contribution in [0.4, 0.5) is 4.79 Å². The van der Waals surface area contributed by atoms with Crippen LogP contribution in [-0.4, -0.2) is 47.6 Å². The van der Waals surface area contributed by atoms with Crippen LogP contribution in [0, 0.1) is 0 Å². The van der Waals surface area contributed by atoms with Crippen molar-refractivity contribution in [1.29, 1.82) is 0 Å². The van der Waals surface area contributed by atoms with E-state index < -0.39 is 24.0 Å². The Labute approximate surface area is 163 Å². The Morgan fingerprint density at radius 2 is 1.57 bits per heavy atom. The van der Waals surface area contributed by atoms with Crippen molar-refractivity contribution >= 4 is 18.0 Å². The number of nitrogens with one attached hydrogen (secondary N) is 1. The summed E-state index contributed by atoms with van der Waals surface area (Å²) in [6, 6.07) is 17.3. The first kappa shape index (κ1) is 21.0. The van der Waals surface area contributed by atoms with E-state index in [0.717, 1.165) is 11.1 Å². The number of carbonyl (C=O) groups is 3. The van der Waals surface area contributed by atoms with Gasteiger partial charge in [-0.1, -0.05) is 60.7 Å². The van der Waals surface area contributed by atoms with Crippen molar-refractivity contribution in [2.45, 2.75) is 25.5 Å². The molecule has 2 aromatic rings. The molecule has 28 heavy (non-hydrogen) atoms. The van der Waals surface area contributed by atoms with Crippen molar-refractivity contribution in [2.75, 3.05) is 13.6 Å². The van der Waals surface area contributed by atoms with Gasteiger partial charge in [-0.2, -0.15) is 0 Å². The molecule has 148 valence electrons. The van der Waals surface area contributed by atoms with Gasteiger partial charge >= 0.3 is 12.1 Å². The van der Waals surface area contributed by atoms with Crippen LogP contribution in [0.15, 0.2) is 60.7 Å². The minimum Gasteiger partial charge on any atom is -0.480 e.